The molecule has 3 rings (SSSR count). The first-order valence-corrected chi connectivity index (χ1v) is 7.85. The maximum absolute atomic E-state index is 6.26. The number of aromatic nitrogens is 2. The van der Waals surface area contributed by atoms with E-state index in [-0.39, 0.29) is 0 Å². The standard InChI is InChI=1S/C17H20ClN3/c1-11-16(13-7-9-19-10-8-13)12(2)21-17(20-11)14-5-3-4-6-15(14)18/h3-6,13,19H,7-10H2,1-2H3. The van der Waals surface area contributed by atoms with Gasteiger partial charge in [-0.2, -0.15) is 0 Å². The van der Waals surface area contributed by atoms with E-state index in [1.165, 1.54) is 5.56 Å². The molecule has 1 aliphatic rings. The van der Waals surface area contributed by atoms with Crippen LogP contribution in [0, 0.1) is 13.8 Å². The molecule has 1 aromatic carbocycles. The van der Waals surface area contributed by atoms with Crippen LogP contribution >= 0.6 is 11.6 Å². The molecular weight excluding hydrogens is 282 g/mol. The van der Waals surface area contributed by atoms with Crippen LogP contribution in [-0.4, -0.2) is 23.1 Å². The van der Waals surface area contributed by atoms with Gasteiger partial charge in [0.25, 0.3) is 0 Å². The molecule has 2 heterocycles. The minimum Gasteiger partial charge on any atom is -0.317 e. The molecule has 1 N–H and O–H groups in total. The van der Waals surface area contributed by atoms with Crippen LogP contribution in [0.3, 0.4) is 0 Å². The number of piperidine rings is 1. The molecule has 0 radical (unpaired) electrons. The molecule has 21 heavy (non-hydrogen) atoms. The Bertz CT molecular complexity index is 625. The van der Waals surface area contributed by atoms with Crippen LogP contribution in [0.2, 0.25) is 5.02 Å². The molecule has 0 aliphatic carbocycles. The lowest BCUT2D eigenvalue weighted by atomic mass is 9.88. The van der Waals surface area contributed by atoms with Crippen molar-refractivity contribution >= 4 is 11.6 Å². The Morgan fingerprint density at radius 2 is 1.67 bits per heavy atom. The van der Waals surface area contributed by atoms with Gasteiger partial charge in [0.1, 0.15) is 0 Å². The number of halogens is 1. The molecule has 1 saturated heterocycles. The molecule has 0 atom stereocenters. The quantitative estimate of drug-likeness (QED) is 0.914. The molecule has 110 valence electrons. The third-order valence-electron chi connectivity index (χ3n) is 4.19. The first-order chi connectivity index (χ1) is 10.2. The highest BCUT2D eigenvalue weighted by Crippen LogP contribution is 2.32. The van der Waals surface area contributed by atoms with Crippen LogP contribution in [0.4, 0.5) is 0 Å². The summed E-state index contributed by atoms with van der Waals surface area (Å²) in [7, 11) is 0. The van der Waals surface area contributed by atoms with Crippen LogP contribution in [0.5, 0.6) is 0 Å². The summed E-state index contributed by atoms with van der Waals surface area (Å²) in [4.78, 5) is 9.45. The summed E-state index contributed by atoms with van der Waals surface area (Å²) < 4.78 is 0. The zero-order chi connectivity index (χ0) is 14.8. The Balaban J connectivity index is 2.02. The summed E-state index contributed by atoms with van der Waals surface area (Å²) in [5.41, 5.74) is 4.41. The average molecular weight is 302 g/mol. The number of hydrogen-bond donors (Lipinski definition) is 1. The first kappa shape index (κ1) is 14.5. The zero-order valence-corrected chi connectivity index (χ0v) is 13.2. The van der Waals surface area contributed by atoms with E-state index in [4.69, 9.17) is 21.6 Å². The lowest BCUT2D eigenvalue weighted by Gasteiger charge is -2.25. The number of nitrogens with one attached hydrogen (secondary N) is 1. The van der Waals surface area contributed by atoms with Crippen molar-refractivity contribution in [1.29, 1.82) is 0 Å². The van der Waals surface area contributed by atoms with Gasteiger partial charge < -0.3 is 5.32 Å². The van der Waals surface area contributed by atoms with Gasteiger partial charge in [-0.3, -0.25) is 0 Å². The van der Waals surface area contributed by atoms with E-state index < -0.39 is 0 Å². The number of aryl methyl sites for hydroxylation is 2. The molecule has 2 aromatic rings. The van der Waals surface area contributed by atoms with Crippen molar-refractivity contribution in [2.24, 2.45) is 0 Å². The predicted molar refractivity (Wildman–Crippen MR) is 86.8 cm³/mol. The molecule has 0 unspecified atom stereocenters. The number of benzene rings is 1. The zero-order valence-electron chi connectivity index (χ0n) is 12.5. The molecule has 1 aromatic heterocycles. The second-order valence-electron chi connectivity index (χ2n) is 5.64. The molecule has 4 heteroatoms. The summed E-state index contributed by atoms with van der Waals surface area (Å²) in [6, 6.07) is 7.75. The maximum atomic E-state index is 6.26. The average Bonchev–Trinajstić information content (AvgIpc) is 2.48. The molecule has 3 nitrogen and oxygen atoms in total. The van der Waals surface area contributed by atoms with Gasteiger partial charge in [0.05, 0.1) is 5.02 Å². The van der Waals surface area contributed by atoms with Gasteiger partial charge in [-0.05, 0) is 63.4 Å². The van der Waals surface area contributed by atoms with E-state index >= 15 is 0 Å². The molecule has 1 fully saturated rings. The van der Waals surface area contributed by atoms with Crippen molar-refractivity contribution in [1.82, 2.24) is 15.3 Å². The minimum absolute atomic E-state index is 0.576. The molecule has 0 saturated carbocycles. The van der Waals surface area contributed by atoms with Gasteiger partial charge in [0.2, 0.25) is 0 Å². The summed E-state index contributed by atoms with van der Waals surface area (Å²) in [6.45, 7) is 6.34. The second kappa shape index (κ2) is 6.12. The van der Waals surface area contributed by atoms with Crippen molar-refractivity contribution in [3.8, 4) is 11.4 Å². The smallest absolute Gasteiger partial charge is 0.161 e. The van der Waals surface area contributed by atoms with Crippen LogP contribution in [0.1, 0.15) is 35.7 Å². The topological polar surface area (TPSA) is 37.8 Å². The normalized spacial score (nSPS) is 16.1. The Morgan fingerprint density at radius 3 is 2.29 bits per heavy atom. The summed E-state index contributed by atoms with van der Waals surface area (Å²) in [5.74, 6) is 1.31. The van der Waals surface area contributed by atoms with Crippen molar-refractivity contribution in [2.75, 3.05) is 13.1 Å². The van der Waals surface area contributed by atoms with E-state index in [2.05, 4.69) is 19.2 Å². The van der Waals surface area contributed by atoms with Gasteiger partial charge >= 0.3 is 0 Å². The minimum atomic E-state index is 0.576. The van der Waals surface area contributed by atoms with Crippen LogP contribution in [0.25, 0.3) is 11.4 Å². The van der Waals surface area contributed by atoms with Gasteiger partial charge in [-0.15, -0.1) is 0 Å². The van der Waals surface area contributed by atoms with Crippen LogP contribution in [0.15, 0.2) is 24.3 Å². The van der Waals surface area contributed by atoms with Crippen molar-refractivity contribution in [2.45, 2.75) is 32.6 Å². The number of hydrogen-bond acceptors (Lipinski definition) is 3. The SMILES string of the molecule is Cc1nc(-c2ccccc2Cl)nc(C)c1C1CCNCC1. The fourth-order valence-corrected chi connectivity index (χ4v) is 3.41. The number of rotatable bonds is 2. The predicted octanol–water partition coefficient (Wildman–Crippen LogP) is 3.88. The monoisotopic (exact) mass is 301 g/mol. The fraction of sp³-hybridized carbons (Fsp3) is 0.412. The fourth-order valence-electron chi connectivity index (χ4n) is 3.19. The Labute approximate surface area is 130 Å². The second-order valence-corrected chi connectivity index (χ2v) is 6.04. The third kappa shape index (κ3) is 2.94. The molecule has 0 bridgehead atoms. The highest BCUT2D eigenvalue weighted by molar-refractivity contribution is 6.33. The van der Waals surface area contributed by atoms with Crippen molar-refractivity contribution in [3.63, 3.8) is 0 Å². The molecule has 0 amide bonds. The summed E-state index contributed by atoms with van der Waals surface area (Å²) >= 11 is 6.26. The van der Waals surface area contributed by atoms with Crippen LogP contribution < -0.4 is 5.32 Å². The van der Waals surface area contributed by atoms with E-state index in [9.17, 15) is 0 Å². The van der Waals surface area contributed by atoms with Gasteiger partial charge in [-0.1, -0.05) is 23.7 Å². The molecule has 0 spiro atoms. The third-order valence-corrected chi connectivity index (χ3v) is 4.52. The Morgan fingerprint density at radius 1 is 1.05 bits per heavy atom. The summed E-state index contributed by atoms with van der Waals surface area (Å²) in [6.07, 6.45) is 2.33. The largest absolute Gasteiger partial charge is 0.317 e. The highest BCUT2D eigenvalue weighted by Gasteiger charge is 2.21. The van der Waals surface area contributed by atoms with E-state index in [0.29, 0.717) is 10.9 Å². The van der Waals surface area contributed by atoms with Gasteiger partial charge in [-0.25, -0.2) is 9.97 Å². The van der Waals surface area contributed by atoms with Gasteiger partial charge in [0.15, 0.2) is 5.82 Å². The van der Waals surface area contributed by atoms with Crippen LogP contribution in [-0.2, 0) is 0 Å². The lowest BCUT2D eigenvalue weighted by molar-refractivity contribution is 0.455. The lowest BCUT2D eigenvalue weighted by Crippen LogP contribution is -2.27. The Hall–Kier alpha value is -1.45. The van der Waals surface area contributed by atoms with Crippen molar-refractivity contribution < 1.29 is 0 Å². The maximum Gasteiger partial charge on any atom is 0.161 e. The Kier molecular flexibility index (Phi) is 4.22. The van der Waals surface area contributed by atoms with E-state index in [0.717, 1.165) is 48.7 Å². The molecular formula is C17H20ClN3. The highest BCUT2D eigenvalue weighted by atomic mass is 35.5. The van der Waals surface area contributed by atoms with E-state index in [1.807, 2.05) is 24.3 Å². The van der Waals surface area contributed by atoms with Crippen molar-refractivity contribution in [3.05, 3.63) is 46.2 Å². The van der Waals surface area contributed by atoms with Gasteiger partial charge in [0, 0.05) is 17.0 Å². The first-order valence-electron chi connectivity index (χ1n) is 7.47. The summed E-state index contributed by atoms with van der Waals surface area (Å²) in [5, 5.41) is 4.11. The molecule has 1 aliphatic heterocycles. The number of nitrogens with zero attached hydrogens (tertiary/aromatic N) is 2. The van der Waals surface area contributed by atoms with E-state index in [1.54, 1.807) is 0 Å².